The van der Waals surface area contributed by atoms with Gasteiger partial charge in [0.15, 0.2) is 0 Å². The highest BCUT2D eigenvalue weighted by Gasteiger charge is 2.32. The Morgan fingerprint density at radius 3 is 2.29 bits per heavy atom. The first kappa shape index (κ1) is 32.1. The molecule has 1 aromatic heterocycles. The Bertz CT molecular complexity index is 1930. The van der Waals surface area contributed by atoms with Crippen molar-refractivity contribution in [1.82, 2.24) is 14.3 Å². The number of rotatable bonds is 7. The van der Waals surface area contributed by atoms with E-state index in [1.54, 1.807) is 55.1 Å². The minimum absolute atomic E-state index is 0.0123. The first-order valence-electron chi connectivity index (χ1n) is 14.7. The van der Waals surface area contributed by atoms with E-state index in [9.17, 15) is 22.8 Å². The first-order valence-corrected chi connectivity index (χ1v) is 16.5. The van der Waals surface area contributed by atoms with Crippen molar-refractivity contribution >= 4 is 44.8 Å². The number of nitrogens with zero attached hydrogens (tertiary/aromatic N) is 4. The molecule has 1 N–H and O–H groups in total. The predicted octanol–water partition coefficient (Wildman–Crippen LogP) is 5.62. The number of amides is 2. The second-order valence-corrected chi connectivity index (χ2v) is 13.8. The molecule has 0 spiro atoms. The van der Waals surface area contributed by atoms with Crippen LogP contribution in [0.2, 0.25) is 5.02 Å². The molecule has 1 aliphatic heterocycles. The average Bonchev–Trinajstić information content (AvgIpc) is 3.24. The maximum absolute atomic E-state index is 13.8. The third kappa shape index (κ3) is 6.02. The molecule has 1 saturated heterocycles. The predicted molar refractivity (Wildman–Crippen MR) is 176 cm³/mol. The molecule has 45 heavy (non-hydrogen) atoms. The van der Waals surface area contributed by atoms with Gasteiger partial charge in [-0.25, -0.2) is 13.1 Å². The van der Waals surface area contributed by atoms with Gasteiger partial charge in [-0.2, -0.15) is 0 Å². The number of anilines is 2. The molecule has 236 valence electrons. The molecule has 2 amide bonds. The van der Waals surface area contributed by atoms with E-state index in [1.807, 2.05) is 24.8 Å². The van der Waals surface area contributed by atoms with E-state index >= 15 is 0 Å². The van der Waals surface area contributed by atoms with Crippen LogP contribution in [0.15, 0.2) is 82.5 Å². The fraction of sp³-hybridized carbons (Fsp3) is 0.303. The second-order valence-electron chi connectivity index (χ2n) is 11.4. The van der Waals surface area contributed by atoms with Gasteiger partial charge in [0.05, 0.1) is 27.5 Å². The maximum Gasteiger partial charge on any atom is 0.296 e. The third-order valence-corrected chi connectivity index (χ3v) is 10.5. The number of carbonyl (C=O) groups is 2. The summed E-state index contributed by atoms with van der Waals surface area (Å²) in [5.41, 5.74) is 1.11. The van der Waals surface area contributed by atoms with E-state index in [4.69, 9.17) is 11.6 Å². The molecule has 5 rings (SSSR count). The number of halogens is 1. The molecule has 4 aromatic rings. The van der Waals surface area contributed by atoms with Crippen molar-refractivity contribution in [2.75, 3.05) is 16.7 Å². The first-order chi connectivity index (χ1) is 21.3. The van der Waals surface area contributed by atoms with Gasteiger partial charge in [0.2, 0.25) is 0 Å². The molecule has 0 saturated carbocycles. The summed E-state index contributed by atoms with van der Waals surface area (Å²) in [7, 11) is -1.26. The lowest BCUT2D eigenvalue weighted by Gasteiger charge is -2.39. The number of hydrogen-bond acceptors (Lipinski definition) is 5. The Balaban J connectivity index is 1.44. The van der Waals surface area contributed by atoms with Crippen molar-refractivity contribution < 1.29 is 18.0 Å². The normalized spacial score (nSPS) is 16.8. The van der Waals surface area contributed by atoms with Crippen LogP contribution in [0.4, 0.5) is 11.4 Å². The molecular weight excluding hydrogens is 614 g/mol. The number of para-hydroxylation sites is 1. The van der Waals surface area contributed by atoms with Crippen LogP contribution in [-0.4, -0.2) is 53.6 Å². The molecule has 2 heterocycles. The van der Waals surface area contributed by atoms with E-state index in [2.05, 4.69) is 5.32 Å². The molecule has 1 aliphatic rings. The SMILES string of the molecule is Cc1c(N(C)S(=O)(=O)c2cccc(C(=O)Nc3ccc(Cl)cc3C(=O)N3C(C)CCCC3C)c2)c(=O)n(-c2ccccc2)n1C. The van der Waals surface area contributed by atoms with Gasteiger partial charge in [0, 0.05) is 36.8 Å². The number of sulfonamides is 1. The van der Waals surface area contributed by atoms with Crippen molar-refractivity contribution in [3.05, 3.63) is 105 Å². The molecule has 0 radical (unpaired) electrons. The summed E-state index contributed by atoms with van der Waals surface area (Å²) in [6, 6.07) is 19.2. The molecular formula is C33H36ClN5O5S. The summed E-state index contributed by atoms with van der Waals surface area (Å²) in [5.74, 6) is -0.835. The lowest BCUT2D eigenvalue weighted by molar-refractivity contribution is 0.0512. The Morgan fingerprint density at radius 1 is 0.956 bits per heavy atom. The lowest BCUT2D eigenvalue weighted by Crippen LogP contribution is -2.47. The van der Waals surface area contributed by atoms with Gasteiger partial charge < -0.3 is 10.2 Å². The van der Waals surface area contributed by atoms with Gasteiger partial charge >= 0.3 is 0 Å². The van der Waals surface area contributed by atoms with E-state index in [-0.39, 0.29) is 45.4 Å². The monoisotopic (exact) mass is 649 g/mol. The summed E-state index contributed by atoms with van der Waals surface area (Å²) in [6.45, 7) is 5.68. The molecule has 2 unspecified atom stereocenters. The van der Waals surface area contributed by atoms with Gasteiger partial charge in [0.1, 0.15) is 5.69 Å². The third-order valence-electron chi connectivity index (χ3n) is 8.48. The zero-order chi connectivity index (χ0) is 32.6. The molecule has 0 aliphatic carbocycles. The number of piperidine rings is 1. The molecule has 2 atom stereocenters. The van der Waals surface area contributed by atoms with E-state index in [0.717, 1.165) is 23.6 Å². The van der Waals surface area contributed by atoms with Crippen LogP contribution in [0.25, 0.3) is 5.69 Å². The Hall–Kier alpha value is -4.35. The van der Waals surface area contributed by atoms with Crippen LogP contribution < -0.4 is 15.2 Å². The Kier molecular flexibility index (Phi) is 8.95. The van der Waals surface area contributed by atoms with E-state index in [0.29, 0.717) is 16.4 Å². The number of benzene rings is 3. The Labute approximate surface area is 267 Å². The molecule has 1 fully saturated rings. The number of carbonyl (C=O) groups excluding carboxylic acids is 2. The van der Waals surface area contributed by atoms with Gasteiger partial charge in [-0.1, -0.05) is 35.9 Å². The summed E-state index contributed by atoms with van der Waals surface area (Å²) >= 11 is 6.27. The second kappa shape index (κ2) is 12.6. The highest BCUT2D eigenvalue weighted by atomic mass is 35.5. The highest BCUT2D eigenvalue weighted by molar-refractivity contribution is 7.92. The quantitative estimate of drug-likeness (QED) is 0.279. The van der Waals surface area contributed by atoms with Crippen molar-refractivity contribution in [2.45, 2.75) is 57.0 Å². The minimum Gasteiger partial charge on any atom is -0.333 e. The molecule has 0 bridgehead atoms. The van der Waals surface area contributed by atoms with E-state index in [1.165, 1.54) is 42.1 Å². The fourth-order valence-corrected chi connectivity index (χ4v) is 7.42. The molecule has 10 nitrogen and oxygen atoms in total. The Morgan fingerprint density at radius 2 is 1.62 bits per heavy atom. The van der Waals surface area contributed by atoms with Gasteiger partial charge in [0.25, 0.3) is 27.4 Å². The minimum atomic E-state index is -4.26. The number of nitrogens with one attached hydrogen (secondary N) is 1. The zero-order valence-electron chi connectivity index (χ0n) is 25.8. The summed E-state index contributed by atoms with van der Waals surface area (Å²) in [5, 5.41) is 3.13. The number of aromatic nitrogens is 2. The number of hydrogen-bond donors (Lipinski definition) is 1. The summed E-state index contributed by atoms with van der Waals surface area (Å²) in [4.78, 5) is 42.3. The van der Waals surface area contributed by atoms with E-state index < -0.39 is 21.5 Å². The van der Waals surface area contributed by atoms with Crippen LogP contribution >= 0.6 is 11.6 Å². The largest absolute Gasteiger partial charge is 0.333 e. The summed E-state index contributed by atoms with van der Waals surface area (Å²) < 4.78 is 31.6. The highest BCUT2D eigenvalue weighted by Crippen LogP contribution is 2.30. The van der Waals surface area contributed by atoms with Crippen molar-refractivity contribution in [3.8, 4) is 5.69 Å². The van der Waals surface area contributed by atoms with Gasteiger partial charge in [-0.05, 0) is 88.6 Å². The average molecular weight is 650 g/mol. The van der Waals surface area contributed by atoms with Crippen LogP contribution in [0, 0.1) is 6.92 Å². The summed E-state index contributed by atoms with van der Waals surface area (Å²) in [6.07, 6.45) is 2.81. The number of likely N-dealkylation sites (tertiary alicyclic amines) is 1. The lowest BCUT2D eigenvalue weighted by atomic mass is 9.96. The van der Waals surface area contributed by atoms with Crippen LogP contribution in [0.5, 0.6) is 0 Å². The van der Waals surface area contributed by atoms with Gasteiger partial charge in [-0.15, -0.1) is 0 Å². The van der Waals surface area contributed by atoms with Crippen LogP contribution in [0.3, 0.4) is 0 Å². The maximum atomic E-state index is 13.8. The van der Waals surface area contributed by atoms with Crippen molar-refractivity contribution in [2.24, 2.45) is 7.05 Å². The zero-order valence-corrected chi connectivity index (χ0v) is 27.4. The van der Waals surface area contributed by atoms with Gasteiger partial charge in [-0.3, -0.25) is 23.4 Å². The van der Waals surface area contributed by atoms with Crippen molar-refractivity contribution in [1.29, 1.82) is 0 Å². The smallest absolute Gasteiger partial charge is 0.296 e. The molecule has 3 aromatic carbocycles. The fourth-order valence-electron chi connectivity index (χ4n) is 5.95. The van der Waals surface area contributed by atoms with Crippen molar-refractivity contribution in [3.63, 3.8) is 0 Å². The molecule has 12 heteroatoms. The topological polar surface area (TPSA) is 114 Å². The van der Waals surface area contributed by atoms with Crippen LogP contribution in [-0.2, 0) is 17.1 Å². The standard InChI is InChI=1S/C33H36ClN5O5S/c1-21-11-9-12-22(2)38(21)32(41)28-20-25(34)17-18-29(28)35-31(40)24-13-10-16-27(19-24)45(43,44)37(5)30-23(3)36(4)39(33(30)42)26-14-7-6-8-15-26/h6-8,10,13-22H,9,11-12H2,1-5H3,(H,35,40). The van der Waals surface area contributed by atoms with Crippen LogP contribution in [0.1, 0.15) is 59.5 Å².